The van der Waals surface area contributed by atoms with Crippen molar-refractivity contribution in [3.63, 3.8) is 0 Å². The maximum absolute atomic E-state index is 13.6. The van der Waals surface area contributed by atoms with Gasteiger partial charge in [0.15, 0.2) is 24.0 Å². The van der Waals surface area contributed by atoms with E-state index in [1.54, 1.807) is 0 Å². The van der Waals surface area contributed by atoms with Crippen LogP contribution in [0.4, 0.5) is 5.69 Å². The summed E-state index contributed by atoms with van der Waals surface area (Å²) < 4.78 is 38.1. The number of hydrogen-bond donors (Lipinski definition) is 1. The summed E-state index contributed by atoms with van der Waals surface area (Å²) in [6.07, 6.45) is 7.02. The smallest absolute Gasteiger partial charge is 0.256 e. The molecule has 0 radical (unpaired) electrons. The molecule has 1 aromatic rings. The summed E-state index contributed by atoms with van der Waals surface area (Å²) >= 11 is 0. The number of fused-ring (bicyclic) bond motifs is 3. The van der Waals surface area contributed by atoms with Crippen molar-refractivity contribution in [1.82, 2.24) is 0 Å². The second-order valence-corrected chi connectivity index (χ2v) is 10.2. The predicted molar refractivity (Wildman–Crippen MR) is 122 cm³/mol. The molecule has 5 fully saturated rings. The Morgan fingerprint density at radius 1 is 0.882 bits per heavy atom. The SMILES string of the molecule is CCOc1ccccc1NC(=O)[C@@H]1O[C@@H]2OC3(CCCCC3)O[C@@H]2[C@H]2OC3(CCCCC3)O[C@H]21. The Labute approximate surface area is 200 Å². The fourth-order valence-electron chi connectivity index (χ4n) is 6.22. The number of anilines is 1. The van der Waals surface area contributed by atoms with E-state index < -0.39 is 42.3 Å². The largest absolute Gasteiger partial charge is 0.492 e. The van der Waals surface area contributed by atoms with Crippen LogP contribution in [0.15, 0.2) is 24.3 Å². The molecule has 34 heavy (non-hydrogen) atoms. The van der Waals surface area contributed by atoms with Crippen molar-refractivity contribution in [2.45, 2.75) is 113 Å². The van der Waals surface area contributed by atoms with E-state index in [-0.39, 0.29) is 5.91 Å². The van der Waals surface area contributed by atoms with Crippen LogP contribution in [0.5, 0.6) is 5.75 Å². The summed E-state index contributed by atoms with van der Waals surface area (Å²) in [4.78, 5) is 13.6. The van der Waals surface area contributed by atoms with Crippen LogP contribution >= 0.6 is 0 Å². The fraction of sp³-hybridized carbons (Fsp3) is 0.731. The standard InChI is InChI=1S/C26H35NO7/c1-2-29-18-12-6-5-11-17(18)27-23(28)21-19-20(32-25(31-19)13-7-3-8-14-25)22-24(30-21)34-26(33-22)15-9-4-10-16-26/h5-6,11-12,19-22,24H,2-4,7-10,13-16H2,1H3,(H,27,28)/t19-,20+,21-,22-,24-/m1/s1. The number of carbonyl (C=O) groups excluding carboxylic acids is 1. The van der Waals surface area contributed by atoms with Crippen LogP contribution in [-0.4, -0.2) is 54.8 Å². The van der Waals surface area contributed by atoms with Crippen molar-refractivity contribution in [3.8, 4) is 5.75 Å². The summed E-state index contributed by atoms with van der Waals surface area (Å²) in [5, 5.41) is 3.00. The number of carbonyl (C=O) groups is 1. The quantitative estimate of drug-likeness (QED) is 0.699. The fourth-order valence-corrected chi connectivity index (χ4v) is 6.22. The van der Waals surface area contributed by atoms with Crippen molar-refractivity contribution in [1.29, 1.82) is 0 Å². The Morgan fingerprint density at radius 2 is 1.50 bits per heavy atom. The minimum atomic E-state index is -0.871. The van der Waals surface area contributed by atoms with Crippen LogP contribution in [0, 0.1) is 0 Å². The number of benzene rings is 1. The van der Waals surface area contributed by atoms with Crippen LogP contribution in [-0.2, 0) is 28.5 Å². The lowest BCUT2D eigenvalue weighted by atomic mass is 9.94. The first-order valence-electron chi connectivity index (χ1n) is 13.0. The summed E-state index contributed by atoms with van der Waals surface area (Å²) in [5.74, 6) is -0.974. The van der Waals surface area contributed by atoms with Gasteiger partial charge in [-0.15, -0.1) is 0 Å². The Bertz CT molecular complexity index is 895. The molecule has 5 atom stereocenters. The Balaban J connectivity index is 1.27. The molecule has 3 heterocycles. The average molecular weight is 474 g/mol. The van der Waals surface area contributed by atoms with E-state index in [1.807, 2.05) is 31.2 Å². The van der Waals surface area contributed by atoms with Crippen LogP contribution in [0.25, 0.3) is 0 Å². The third-order valence-electron chi connectivity index (χ3n) is 7.81. The van der Waals surface area contributed by atoms with Gasteiger partial charge >= 0.3 is 0 Å². The number of hydrogen-bond acceptors (Lipinski definition) is 7. The normalized spacial score (nSPS) is 35.6. The van der Waals surface area contributed by atoms with Crippen molar-refractivity contribution in [2.75, 3.05) is 11.9 Å². The Morgan fingerprint density at radius 3 is 2.21 bits per heavy atom. The predicted octanol–water partition coefficient (Wildman–Crippen LogP) is 4.27. The Hall–Kier alpha value is -1.71. The van der Waals surface area contributed by atoms with E-state index in [0.29, 0.717) is 18.0 Å². The Kier molecular flexibility index (Phi) is 6.06. The zero-order valence-electron chi connectivity index (χ0n) is 19.8. The number of nitrogens with one attached hydrogen (secondary N) is 1. The van der Waals surface area contributed by atoms with Gasteiger partial charge in [-0.3, -0.25) is 4.79 Å². The molecule has 1 amide bonds. The lowest BCUT2D eigenvalue weighted by Crippen LogP contribution is -2.58. The number of rotatable bonds is 4. The molecule has 8 heteroatoms. The van der Waals surface area contributed by atoms with Crippen molar-refractivity contribution in [2.24, 2.45) is 0 Å². The maximum Gasteiger partial charge on any atom is 0.256 e. The average Bonchev–Trinajstić information content (AvgIpc) is 3.38. The number of para-hydroxylation sites is 2. The first-order valence-corrected chi connectivity index (χ1v) is 13.0. The molecule has 1 aromatic carbocycles. The maximum atomic E-state index is 13.6. The van der Waals surface area contributed by atoms with E-state index in [2.05, 4.69) is 5.32 Å². The molecule has 2 spiro atoms. The van der Waals surface area contributed by atoms with E-state index in [0.717, 1.165) is 51.4 Å². The van der Waals surface area contributed by atoms with Crippen LogP contribution < -0.4 is 10.1 Å². The van der Waals surface area contributed by atoms with Gasteiger partial charge < -0.3 is 33.7 Å². The lowest BCUT2D eigenvalue weighted by Gasteiger charge is -2.36. The molecule has 0 aromatic heterocycles. The third-order valence-corrected chi connectivity index (χ3v) is 7.81. The lowest BCUT2D eigenvalue weighted by molar-refractivity contribution is -0.246. The molecule has 5 aliphatic rings. The van der Waals surface area contributed by atoms with E-state index in [4.69, 9.17) is 28.4 Å². The highest BCUT2D eigenvalue weighted by molar-refractivity contribution is 5.96. The van der Waals surface area contributed by atoms with E-state index in [9.17, 15) is 4.79 Å². The zero-order valence-corrected chi connectivity index (χ0v) is 19.8. The molecule has 186 valence electrons. The second kappa shape index (κ2) is 9.06. The monoisotopic (exact) mass is 473 g/mol. The van der Waals surface area contributed by atoms with E-state index >= 15 is 0 Å². The summed E-state index contributed by atoms with van der Waals surface area (Å²) in [7, 11) is 0. The highest BCUT2D eigenvalue weighted by atomic mass is 16.9. The van der Waals surface area contributed by atoms with E-state index in [1.165, 1.54) is 12.8 Å². The molecule has 2 saturated carbocycles. The molecular weight excluding hydrogens is 438 g/mol. The molecule has 3 aliphatic heterocycles. The van der Waals surface area contributed by atoms with Crippen molar-refractivity contribution in [3.05, 3.63) is 24.3 Å². The van der Waals surface area contributed by atoms with Gasteiger partial charge in [0.1, 0.15) is 24.1 Å². The molecule has 0 unspecified atom stereocenters. The summed E-state index contributed by atoms with van der Waals surface area (Å²) in [5.41, 5.74) is 0.607. The van der Waals surface area contributed by atoms with Gasteiger partial charge in [0.05, 0.1) is 12.3 Å². The second-order valence-electron chi connectivity index (χ2n) is 10.2. The zero-order chi connectivity index (χ0) is 23.2. The van der Waals surface area contributed by atoms with Crippen molar-refractivity contribution < 1.29 is 33.2 Å². The molecule has 1 N–H and O–H groups in total. The van der Waals surface area contributed by atoms with Gasteiger partial charge in [-0.2, -0.15) is 0 Å². The molecule has 3 saturated heterocycles. The number of amides is 1. The van der Waals surface area contributed by atoms with Crippen molar-refractivity contribution >= 4 is 11.6 Å². The first-order chi connectivity index (χ1) is 16.6. The van der Waals surface area contributed by atoms with Crippen LogP contribution in [0.3, 0.4) is 0 Å². The molecule has 6 rings (SSSR count). The topological polar surface area (TPSA) is 84.5 Å². The first kappa shape index (κ1) is 22.7. The molecular formula is C26H35NO7. The van der Waals surface area contributed by atoms with Gasteiger partial charge in [0, 0.05) is 25.7 Å². The molecule has 0 bridgehead atoms. The van der Waals surface area contributed by atoms with Gasteiger partial charge in [-0.1, -0.05) is 25.0 Å². The highest BCUT2D eigenvalue weighted by Gasteiger charge is 2.65. The summed E-state index contributed by atoms with van der Waals surface area (Å²) in [6.45, 7) is 2.42. The summed E-state index contributed by atoms with van der Waals surface area (Å²) in [6, 6.07) is 7.41. The van der Waals surface area contributed by atoms with Gasteiger partial charge in [-0.05, 0) is 44.7 Å². The highest BCUT2D eigenvalue weighted by Crippen LogP contribution is 2.51. The van der Waals surface area contributed by atoms with Gasteiger partial charge in [0.25, 0.3) is 5.91 Å². The molecule has 8 nitrogen and oxygen atoms in total. The van der Waals surface area contributed by atoms with Crippen LogP contribution in [0.2, 0.25) is 0 Å². The van der Waals surface area contributed by atoms with Gasteiger partial charge in [-0.25, -0.2) is 0 Å². The molecule has 2 aliphatic carbocycles. The minimum Gasteiger partial charge on any atom is -0.492 e. The third kappa shape index (κ3) is 4.03. The van der Waals surface area contributed by atoms with Gasteiger partial charge in [0.2, 0.25) is 0 Å². The van der Waals surface area contributed by atoms with Crippen LogP contribution in [0.1, 0.15) is 71.1 Å². The minimum absolute atomic E-state index is 0.287. The number of ether oxygens (including phenoxy) is 6.